The molecule has 1 unspecified atom stereocenters. The predicted octanol–water partition coefficient (Wildman–Crippen LogP) is 2.81. The minimum absolute atomic E-state index is 0.00996. The molecular formula is C14H22N2OS. The lowest BCUT2D eigenvalue weighted by molar-refractivity contribution is -0.126. The van der Waals surface area contributed by atoms with Gasteiger partial charge in [0.1, 0.15) is 0 Å². The number of amides is 1. The molecule has 1 aliphatic carbocycles. The fourth-order valence-corrected chi connectivity index (χ4v) is 3.75. The standard InChI is InChI=1S/C14H22N2OS/c1-9-8-12(11(3)18-9)10(2)16-13(17)14(15)6-4-5-7-14/h8,10H,4-7,15H2,1-3H3,(H,16,17). The number of aryl methyl sites for hydroxylation is 2. The highest BCUT2D eigenvalue weighted by molar-refractivity contribution is 7.12. The second kappa shape index (κ2) is 5.02. The van der Waals surface area contributed by atoms with Crippen molar-refractivity contribution in [3.63, 3.8) is 0 Å². The van der Waals surface area contributed by atoms with Crippen molar-refractivity contribution in [1.82, 2.24) is 5.32 Å². The van der Waals surface area contributed by atoms with E-state index in [0.717, 1.165) is 25.7 Å². The third-order valence-corrected chi connectivity index (χ3v) is 4.82. The van der Waals surface area contributed by atoms with E-state index in [9.17, 15) is 4.79 Å². The number of thiophene rings is 1. The zero-order valence-electron chi connectivity index (χ0n) is 11.4. The van der Waals surface area contributed by atoms with Gasteiger partial charge in [0.25, 0.3) is 0 Å². The van der Waals surface area contributed by atoms with Crippen LogP contribution in [0.25, 0.3) is 0 Å². The maximum Gasteiger partial charge on any atom is 0.240 e. The Kier molecular flexibility index (Phi) is 3.78. The van der Waals surface area contributed by atoms with Gasteiger partial charge in [0.05, 0.1) is 11.6 Å². The Bertz CT molecular complexity index is 447. The molecule has 3 N–H and O–H groups in total. The summed E-state index contributed by atoms with van der Waals surface area (Å²) in [5.74, 6) is 0.00996. The lowest BCUT2D eigenvalue weighted by Crippen LogP contribution is -2.52. The molecule has 0 bridgehead atoms. The molecule has 4 heteroatoms. The molecule has 100 valence electrons. The number of carbonyl (C=O) groups excluding carboxylic acids is 1. The molecule has 3 nitrogen and oxygen atoms in total. The lowest BCUT2D eigenvalue weighted by atomic mass is 9.97. The third-order valence-electron chi connectivity index (χ3n) is 3.84. The third kappa shape index (κ3) is 2.59. The summed E-state index contributed by atoms with van der Waals surface area (Å²) in [5.41, 5.74) is 6.75. The van der Waals surface area contributed by atoms with Gasteiger partial charge in [-0.3, -0.25) is 4.79 Å². The van der Waals surface area contributed by atoms with Crippen molar-refractivity contribution in [2.24, 2.45) is 5.73 Å². The van der Waals surface area contributed by atoms with Crippen LogP contribution in [0.15, 0.2) is 6.07 Å². The number of hydrogen-bond donors (Lipinski definition) is 2. The van der Waals surface area contributed by atoms with Gasteiger partial charge in [0, 0.05) is 9.75 Å². The molecule has 0 saturated heterocycles. The van der Waals surface area contributed by atoms with Crippen molar-refractivity contribution >= 4 is 17.2 Å². The van der Waals surface area contributed by atoms with Crippen molar-refractivity contribution in [1.29, 1.82) is 0 Å². The highest BCUT2D eigenvalue weighted by Gasteiger charge is 2.37. The molecular weight excluding hydrogens is 244 g/mol. The lowest BCUT2D eigenvalue weighted by Gasteiger charge is -2.25. The van der Waals surface area contributed by atoms with Crippen LogP contribution in [0, 0.1) is 13.8 Å². The van der Waals surface area contributed by atoms with Gasteiger partial charge >= 0.3 is 0 Å². The summed E-state index contributed by atoms with van der Waals surface area (Å²) in [6.07, 6.45) is 3.75. The smallest absolute Gasteiger partial charge is 0.240 e. The van der Waals surface area contributed by atoms with Crippen molar-refractivity contribution in [2.75, 3.05) is 0 Å². The second-order valence-electron chi connectivity index (χ2n) is 5.43. The van der Waals surface area contributed by atoms with E-state index >= 15 is 0 Å². The Hall–Kier alpha value is -0.870. The fraction of sp³-hybridized carbons (Fsp3) is 0.643. The number of hydrogen-bond acceptors (Lipinski definition) is 3. The van der Waals surface area contributed by atoms with E-state index in [4.69, 9.17) is 5.73 Å². The minimum atomic E-state index is -0.632. The second-order valence-corrected chi connectivity index (χ2v) is 6.89. The van der Waals surface area contributed by atoms with Crippen LogP contribution >= 0.6 is 11.3 Å². The van der Waals surface area contributed by atoms with Crippen LogP contribution in [-0.2, 0) is 4.79 Å². The van der Waals surface area contributed by atoms with E-state index in [2.05, 4.69) is 25.2 Å². The van der Waals surface area contributed by atoms with Crippen LogP contribution < -0.4 is 11.1 Å². The zero-order valence-corrected chi connectivity index (χ0v) is 12.2. The highest BCUT2D eigenvalue weighted by Crippen LogP contribution is 2.30. The summed E-state index contributed by atoms with van der Waals surface area (Å²) in [6, 6.07) is 2.20. The molecule has 2 rings (SSSR count). The molecule has 0 aromatic carbocycles. The zero-order chi connectivity index (χ0) is 13.3. The summed E-state index contributed by atoms with van der Waals surface area (Å²) in [7, 11) is 0. The normalized spacial score (nSPS) is 19.8. The summed E-state index contributed by atoms with van der Waals surface area (Å²) < 4.78 is 0. The first-order valence-corrected chi connectivity index (χ1v) is 7.41. The molecule has 1 aromatic heterocycles. The van der Waals surface area contributed by atoms with Crippen molar-refractivity contribution in [3.8, 4) is 0 Å². The van der Waals surface area contributed by atoms with Crippen LogP contribution in [0.4, 0.5) is 0 Å². The average Bonchev–Trinajstić information content (AvgIpc) is 2.86. The van der Waals surface area contributed by atoms with E-state index in [1.807, 2.05) is 6.92 Å². The first kappa shape index (κ1) is 13.6. The fourth-order valence-electron chi connectivity index (χ4n) is 2.73. The summed E-state index contributed by atoms with van der Waals surface area (Å²) in [6.45, 7) is 6.23. The first-order valence-electron chi connectivity index (χ1n) is 6.59. The van der Waals surface area contributed by atoms with E-state index in [-0.39, 0.29) is 11.9 Å². The largest absolute Gasteiger partial charge is 0.348 e. The van der Waals surface area contributed by atoms with Gasteiger partial charge in [-0.2, -0.15) is 0 Å². The van der Waals surface area contributed by atoms with Crippen LogP contribution in [-0.4, -0.2) is 11.4 Å². The van der Waals surface area contributed by atoms with Crippen molar-refractivity contribution < 1.29 is 4.79 Å². The molecule has 1 aliphatic rings. The minimum Gasteiger partial charge on any atom is -0.348 e. The molecule has 0 radical (unpaired) electrons. The maximum atomic E-state index is 12.2. The molecule has 1 saturated carbocycles. The van der Waals surface area contributed by atoms with Crippen LogP contribution in [0.2, 0.25) is 0 Å². The number of nitrogens with two attached hydrogens (primary N) is 1. The molecule has 1 fully saturated rings. The molecule has 1 amide bonds. The average molecular weight is 266 g/mol. The number of nitrogens with one attached hydrogen (secondary N) is 1. The Morgan fingerprint density at radius 1 is 1.44 bits per heavy atom. The van der Waals surface area contributed by atoms with Crippen LogP contribution in [0.3, 0.4) is 0 Å². The van der Waals surface area contributed by atoms with Crippen molar-refractivity contribution in [2.45, 2.75) is 58.0 Å². The van der Waals surface area contributed by atoms with Gasteiger partial charge in [-0.15, -0.1) is 11.3 Å². The molecule has 1 aromatic rings. The molecule has 0 spiro atoms. The summed E-state index contributed by atoms with van der Waals surface area (Å²) in [5, 5.41) is 3.08. The van der Waals surface area contributed by atoms with Gasteiger partial charge in [-0.1, -0.05) is 12.8 Å². The Labute approximate surface area is 113 Å². The van der Waals surface area contributed by atoms with E-state index in [1.54, 1.807) is 11.3 Å². The first-order chi connectivity index (χ1) is 8.42. The van der Waals surface area contributed by atoms with Gasteiger partial charge in [-0.05, 0) is 45.2 Å². The number of rotatable bonds is 3. The monoisotopic (exact) mass is 266 g/mol. The van der Waals surface area contributed by atoms with Crippen molar-refractivity contribution in [3.05, 3.63) is 21.4 Å². The molecule has 1 atom stereocenters. The molecule has 1 heterocycles. The SMILES string of the molecule is Cc1cc(C(C)NC(=O)C2(N)CCCC2)c(C)s1. The Morgan fingerprint density at radius 3 is 2.56 bits per heavy atom. The number of carbonyl (C=O) groups is 1. The van der Waals surface area contributed by atoms with Crippen LogP contribution in [0.1, 0.15) is 54.0 Å². The van der Waals surface area contributed by atoms with Gasteiger partial charge < -0.3 is 11.1 Å². The van der Waals surface area contributed by atoms with E-state index in [1.165, 1.54) is 15.3 Å². The summed E-state index contributed by atoms with van der Waals surface area (Å²) >= 11 is 1.77. The predicted molar refractivity (Wildman–Crippen MR) is 75.7 cm³/mol. The van der Waals surface area contributed by atoms with E-state index < -0.39 is 5.54 Å². The van der Waals surface area contributed by atoms with E-state index in [0.29, 0.717) is 0 Å². The quantitative estimate of drug-likeness (QED) is 0.884. The topological polar surface area (TPSA) is 55.1 Å². The Morgan fingerprint density at radius 2 is 2.06 bits per heavy atom. The van der Waals surface area contributed by atoms with Crippen LogP contribution in [0.5, 0.6) is 0 Å². The molecule has 18 heavy (non-hydrogen) atoms. The maximum absolute atomic E-state index is 12.2. The van der Waals surface area contributed by atoms with Gasteiger partial charge in [-0.25, -0.2) is 0 Å². The van der Waals surface area contributed by atoms with Gasteiger partial charge in [0.15, 0.2) is 0 Å². The van der Waals surface area contributed by atoms with Gasteiger partial charge in [0.2, 0.25) is 5.91 Å². The summed E-state index contributed by atoms with van der Waals surface area (Å²) in [4.78, 5) is 14.8. The highest BCUT2D eigenvalue weighted by atomic mass is 32.1. The Balaban J connectivity index is 2.05. The molecule has 0 aliphatic heterocycles.